The van der Waals surface area contributed by atoms with Crippen LogP contribution in [0.2, 0.25) is 0 Å². The summed E-state index contributed by atoms with van der Waals surface area (Å²) in [6, 6.07) is 12.2. The number of rotatable bonds is 4. The Labute approximate surface area is 140 Å². The maximum absolute atomic E-state index is 12.4. The van der Waals surface area contributed by atoms with Crippen molar-refractivity contribution in [2.45, 2.75) is 38.8 Å². The Morgan fingerprint density at radius 3 is 2.83 bits per heavy atom. The average molecular weight is 323 g/mol. The highest BCUT2D eigenvalue weighted by molar-refractivity contribution is 5.81. The number of amides is 1. The van der Waals surface area contributed by atoms with E-state index in [2.05, 4.69) is 24.5 Å². The lowest BCUT2D eigenvalue weighted by molar-refractivity contribution is -0.128. The molecule has 3 heterocycles. The number of hydrogen-bond acceptors (Lipinski definition) is 3. The minimum atomic E-state index is 0.127. The minimum absolute atomic E-state index is 0.127. The van der Waals surface area contributed by atoms with E-state index in [-0.39, 0.29) is 11.8 Å². The summed E-state index contributed by atoms with van der Waals surface area (Å²) in [4.78, 5) is 19.1. The summed E-state index contributed by atoms with van der Waals surface area (Å²) in [6.45, 7) is 5.55. The Balaban J connectivity index is 1.66. The molecule has 0 aliphatic carbocycles. The number of para-hydroxylation sites is 2. The molecule has 1 saturated heterocycles. The molecule has 0 N–H and O–H groups in total. The van der Waals surface area contributed by atoms with Gasteiger partial charge in [0.25, 0.3) is 0 Å². The predicted octanol–water partition coefficient (Wildman–Crippen LogP) is 3.73. The molecule has 0 radical (unpaired) electrons. The molecule has 5 heteroatoms. The van der Waals surface area contributed by atoms with Gasteiger partial charge in [0.05, 0.1) is 23.8 Å². The first kappa shape index (κ1) is 15.0. The van der Waals surface area contributed by atoms with Gasteiger partial charge < -0.3 is 13.9 Å². The average Bonchev–Trinajstić information content (AvgIpc) is 3.26. The molecule has 0 spiro atoms. The number of carbonyl (C=O) groups is 1. The topological polar surface area (TPSA) is 51.3 Å². The molecule has 1 aliphatic heterocycles. The van der Waals surface area contributed by atoms with Crippen LogP contribution >= 0.6 is 0 Å². The molecule has 1 aromatic carbocycles. The normalized spacial score (nSPS) is 18.2. The number of imidazole rings is 1. The van der Waals surface area contributed by atoms with Crippen molar-refractivity contribution in [2.24, 2.45) is 0 Å². The van der Waals surface area contributed by atoms with Gasteiger partial charge in [-0.1, -0.05) is 12.1 Å². The zero-order valence-electron chi connectivity index (χ0n) is 14.0. The maximum atomic E-state index is 12.4. The molecule has 1 amide bonds. The Morgan fingerprint density at radius 2 is 2.08 bits per heavy atom. The summed E-state index contributed by atoms with van der Waals surface area (Å²) < 4.78 is 7.65. The molecular formula is C19H21N3O2. The highest BCUT2D eigenvalue weighted by Crippen LogP contribution is 2.33. The van der Waals surface area contributed by atoms with Gasteiger partial charge in [0.15, 0.2) is 0 Å². The van der Waals surface area contributed by atoms with Crippen molar-refractivity contribution in [3.63, 3.8) is 0 Å². The Kier molecular flexibility index (Phi) is 3.63. The minimum Gasteiger partial charge on any atom is -0.467 e. The van der Waals surface area contributed by atoms with Crippen LogP contribution in [0.4, 0.5) is 0 Å². The van der Waals surface area contributed by atoms with Crippen LogP contribution in [0.25, 0.3) is 11.0 Å². The molecular weight excluding hydrogens is 302 g/mol. The molecule has 0 bridgehead atoms. The second kappa shape index (κ2) is 5.82. The van der Waals surface area contributed by atoms with E-state index in [1.54, 1.807) is 6.26 Å². The predicted molar refractivity (Wildman–Crippen MR) is 91.6 cm³/mol. The summed E-state index contributed by atoms with van der Waals surface area (Å²) in [5.74, 6) is 2.13. The van der Waals surface area contributed by atoms with Crippen molar-refractivity contribution in [3.05, 3.63) is 54.2 Å². The fourth-order valence-electron chi connectivity index (χ4n) is 3.58. The smallest absolute Gasteiger partial charge is 0.223 e. The lowest BCUT2D eigenvalue weighted by Crippen LogP contribution is -2.24. The van der Waals surface area contributed by atoms with E-state index in [4.69, 9.17) is 9.40 Å². The quantitative estimate of drug-likeness (QED) is 0.735. The molecule has 5 nitrogen and oxygen atoms in total. The zero-order chi connectivity index (χ0) is 16.7. The van der Waals surface area contributed by atoms with E-state index in [0.29, 0.717) is 25.6 Å². The highest BCUT2D eigenvalue weighted by atomic mass is 16.3. The van der Waals surface area contributed by atoms with Crippen molar-refractivity contribution in [3.8, 4) is 0 Å². The number of aromatic nitrogens is 2. The number of nitrogens with zero attached hydrogens (tertiary/aromatic N) is 3. The van der Waals surface area contributed by atoms with E-state index >= 15 is 0 Å². The van der Waals surface area contributed by atoms with Crippen molar-refractivity contribution in [2.75, 3.05) is 6.54 Å². The zero-order valence-corrected chi connectivity index (χ0v) is 14.0. The Hall–Kier alpha value is -2.56. The first-order chi connectivity index (χ1) is 11.6. The van der Waals surface area contributed by atoms with E-state index in [9.17, 15) is 4.79 Å². The van der Waals surface area contributed by atoms with E-state index in [1.165, 1.54) is 0 Å². The Morgan fingerprint density at radius 1 is 1.25 bits per heavy atom. The highest BCUT2D eigenvalue weighted by Gasteiger charge is 2.34. The number of likely N-dealkylation sites (tertiary alicyclic amines) is 1. The van der Waals surface area contributed by atoms with Crippen LogP contribution in [0.1, 0.15) is 43.8 Å². The summed E-state index contributed by atoms with van der Waals surface area (Å²) in [5.41, 5.74) is 2.14. The lowest BCUT2D eigenvalue weighted by Gasteiger charge is -2.18. The van der Waals surface area contributed by atoms with Crippen LogP contribution in [0.15, 0.2) is 47.1 Å². The summed E-state index contributed by atoms with van der Waals surface area (Å²) in [6.07, 6.45) is 2.16. The summed E-state index contributed by atoms with van der Waals surface area (Å²) in [5, 5.41) is 0. The molecule has 1 atom stereocenters. The van der Waals surface area contributed by atoms with Gasteiger partial charge in [0, 0.05) is 24.9 Å². The van der Waals surface area contributed by atoms with Crippen LogP contribution < -0.4 is 0 Å². The number of carbonyl (C=O) groups excluding carboxylic acids is 1. The molecule has 3 aromatic rings. The van der Waals surface area contributed by atoms with Gasteiger partial charge in [-0.25, -0.2) is 4.98 Å². The standard InChI is InChI=1S/C19H21N3O2/c1-13(2)22-17-8-4-3-7-16(17)20-19(22)14-10-18(23)21(11-14)12-15-6-5-9-24-15/h3-9,13-14H,10-12H2,1-2H3. The van der Waals surface area contributed by atoms with Gasteiger partial charge in [0.2, 0.25) is 5.91 Å². The van der Waals surface area contributed by atoms with Crippen LogP contribution in [0, 0.1) is 0 Å². The van der Waals surface area contributed by atoms with Gasteiger partial charge >= 0.3 is 0 Å². The SMILES string of the molecule is CC(C)n1c(C2CC(=O)N(Cc3ccco3)C2)nc2ccccc21. The third-order valence-electron chi connectivity index (χ3n) is 4.65. The van der Waals surface area contributed by atoms with Crippen LogP contribution in [0.3, 0.4) is 0 Å². The van der Waals surface area contributed by atoms with Crippen LogP contribution in [0.5, 0.6) is 0 Å². The number of fused-ring (bicyclic) bond motifs is 1. The van der Waals surface area contributed by atoms with Gasteiger partial charge in [0.1, 0.15) is 11.6 Å². The number of benzene rings is 1. The van der Waals surface area contributed by atoms with Gasteiger partial charge in [-0.3, -0.25) is 4.79 Å². The number of furan rings is 1. The molecule has 1 unspecified atom stereocenters. The molecule has 4 rings (SSSR count). The van der Waals surface area contributed by atoms with Crippen LogP contribution in [-0.4, -0.2) is 26.9 Å². The maximum Gasteiger partial charge on any atom is 0.223 e. The third-order valence-corrected chi connectivity index (χ3v) is 4.65. The second-order valence-electron chi connectivity index (χ2n) is 6.68. The lowest BCUT2D eigenvalue weighted by atomic mass is 10.1. The first-order valence-corrected chi connectivity index (χ1v) is 8.40. The van der Waals surface area contributed by atoms with Crippen molar-refractivity contribution >= 4 is 16.9 Å². The van der Waals surface area contributed by atoms with E-state index < -0.39 is 0 Å². The molecule has 2 aromatic heterocycles. The molecule has 1 aliphatic rings. The molecule has 0 saturated carbocycles. The van der Waals surface area contributed by atoms with Crippen LogP contribution in [-0.2, 0) is 11.3 Å². The third kappa shape index (κ3) is 2.50. The van der Waals surface area contributed by atoms with E-state index in [0.717, 1.165) is 22.6 Å². The summed E-state index contributed by atoms with van der Waals surface area (Å²) >= 11 is 0. The molecule has 124 valence electrons. The second-order valence-corrected chi connectivity index (χ2v) is 6.68. The van der Waals surface area contributed by atoms with E-state index in [1.807, 2.05) is 35.2 Å². The summed E-state index contributed by atoms with van der Waals surface area (Å²) in [7, 11) is 0. The fourth-order valence-corrected chi connectivity index (χ4v) is 3.58. The first-order valence-electron chi connectivity index (χ1n) is 8.40. The van der Waals surface area contributed by atoms with Gasteiger partial charge in [-0.2, -0.15) is 0 Å². The number of hydrogen-bond donors (Lipinski definition) is 0. The fraction of sp³-hybridized carbons (Fsp3) is 0.368. The van der Waals surface area contributed by atoms with Crippen molar-refractivity contribution in [1.29, 1.82) is 0 Å². The molecule has 1 fully saturated rings. The Bertz CT molecular complexity index is 864. The largest absolute Gasteiger partial charge is 0.467 e. The van der Waals surface area contributed by atoms with Crippen molar-refractivity contribution < 1.29 is 9.21 Å². The molecule has 24 heavy (non-hydrogen) atoms. The van der Waals surface area contributed by atoms with Gasteiger partial charge in [-0.15, -0.1) is 0 Å². The monoisotopic (exact) mass is 323 g/mol. The van der Waals surface area contributed by atoms with Gasteiger partial charge in [-0.05, 0) is 38.1 Å². The van der Waals surface area contributed by atoms with Crippen molar-refractivity contribution in [1.82, 2.24) is 14.5 Å².